The molecule has 3 rings (SSSR count). The third-order valence-electron chi connectivity index (χ3n) is 7.48. The summed E-state index contributed by atoms with van der Waals surface area (Å²) >= 11 is 1.71. The molecular weight excluding hydrogens is 396 g/mol. The predicted molar refractivity (Wildman–Crippen MR) is 123 cm³/mol. The number of hydrogen-bond acceptors (Lipinski definition) is 5. The van der Waals surface area contributed by atoms with Crippen LogP contribution in [-0.4, -0.2) is 46.0 Å². The standard InChI is InChI=1S/C25H42O4S/c1-2-3-4-7-20(26)10-11-22-23-15-18(14-19(23)16-24(22)27)12-13-30-17-25(28)29-21-8-5-6-9-21/h10-11,18-24,26-27H,2-9,12-17H2,1H3/t18?,19-,20?,22-,23+,24-/m0/s1. The fraction of sp³-hybridized carbons (Fsp3) is 0.880. The second kappa shape index (κ2) is 12.5. The van der Waals surface area contributed by atoms with Crippen LogP contribution in [0.2, 0.25) is 0 Å². The van der Waals surface area contributed by atoms with Crippen molar-refractivity contribution in [1.82, 2.24) is 0 Å². The Hall–Kier alpha value is -0.520. The molecule has 3 aliphatic carbocycles. The summed E-state index contributed by atoms with van der Waals surface area (Å²) in [6, 6.07) is 0. The molecule has 0 aliphatic heterocycles. The molecule has 0 aromatic heterocycles. The predicted octanol–water partition coefficient (Wildman–Crippen LogP) is 5.12. The second-order valence-corrected chi connectivity index (χ2v) is 10.9. The van der Waals surface area contributed by atoms with E-state index in [1.807, 2.05) is 6.08 Å². The largest absolute Gasteiger partial charge is 0.462 e. The van der Waals surface area contributed by atoms with Gasteiger partial charge < -0.3 is 14.9 Å². The highest BCUT2D eigenvalue weighted by molar-refractivity contribution is 7.99. The van der Waals surface area contributed by atoms with Crippen LogP contribution < -0.4 is 0 Å². The lowest BCUT2D eigenvalue weighted by molar-refractivity contribution is -0.145. The van der Waals surface area contributed by atoms with Crippen LogP contribution in [-0.2, 0) is 9.53 Å². The monoisotopic (exact) mass is 438 g/mol. The Labute approximate surface area is 187 Å². The summed E-state index contributed by atoms with van der Waals surface area (Å²) in [5, 5.41) is 20.7. The van der Waals surface area contributed by atoms with Crippen molar-refractivity contribution in [3.8, 4) is 0 Å². The third-order valence-corrected chi connectivity index (χ3v) is 8.44. The van der Waals surface area contributed by atoms with Crippen molar-refractivity contribution in [1.29, 1.82) is 0 Å². The van der Waals surface area contributed by atoms with E-state index in [0.29, 0.717) is 23.5 Å². The molecular formula is C25H42O4S. The minimum Gasteiger partial charge on any atom is -0.462 e. The van der Waals surface area contributed by atoms with Gasteiger partial charge in [-0.25, -0.2) is 0 Å². The fourth-order valence-corrected chi connectivity index (χ4v) is 6.75. The first-order valence-electron chi connectivity index (χ1n) is 12.4. The maximum Gasteiger partial charge on any atom is 0.316 e. The van der Waals surface area contributed by atoms with Gasteiger partial charge in [-0.1, -0.05) is 38.3 Å². The zero-order chi connectivity index (χ0) is 21.3. The van der Waals surface area contributed by atoms with Gasteiger partial charge in [0.2, 0.25) is 0 Å². The number of aliphatic hydroxyl groups is 2. The fourth-order valence-electron chi connectivity index (χ4n) is 5.87. The molecule has 5 heteroatoms. The van der Waals surface area contributed by atoms with Crippen molar-refractivity contribution in [2.75, 3.05) is 11.5 Å². The van der Waals surface area contributed by atoms with Crippen LogP contribution in [0, 0.1) is 23.7 Å². The van der Waals surface area contributed by atoms with Crippen molar-refractivity contribution >= 4 is 17.7 Å². The minimum absolute atomic E-state index is 0.0407. The molecule has 3 fully saturated rings. The molecule has 3 aliphatic rings. The minimum atomic E-state index is -0.375. The van der Waals surface area contributed by atoms with Gasteiger partial charge in [-0.05, 0) is 81.3 Å². The van der Waals surface area contributed by atoms with E-state index in [-0.39, 0.29) is 30.2 Å². The molecule has 0 aromatic carbocycles. The maximum atomic E-state index is 11.9. The van der Waals surface area contributed by atoms with Gasteiger partial charge in [-0.2, -0.15) is 11.8 Å². The van der Waals surface area contributed by atoms with Crippen LogP contribution in [0.3, 0.4) is 0 Å². The lowest BCUT2D eigenvalue weighted by Gasteiger charge is -2.19. The zero-order valence-electron chi connectivity index (χ0n) is 18.7. The molecule has 3 saturated carbocycles. The van der Waals surface area contributed by atoms with Gasteiger partial charge in [0.15, 0.2) is 0 Å². The number of fused-ring (bicyclic) bond motifs is 1. The van der Waals surface area contributed by atoms with Gasteiger partial charge in [-0.3, -0.25) is 4.79 Å². The zero-order valence-corrected chi connectivity index (χ0v) is 19.5. The molecule has 2 unspecified atom stereocenters. The van der Waals surface area contributed by atoms with Gasteiger partial charge in [0.05, 0.1) is 18.0 Å². The average Bonchev–Trinajstić information content (AvgIpc) is 3.41. The highest BCUT2D eigenvalue weighted by Gasteiger charge is 2.46. The average molecular weight is 439 g/mol. The lowest BCUT2D eigenvalue weighted by Crippen LogP contribution is -2.18. The lowest BCUT2D eigenvalue weighted by atomic mass is 9.89. The number of carbonyl (C=O) groups excluding carboxylic acids is 1. The van der Waals surface area contributed by atoms with Crippen molar-refractivity contribution in [2.45, 2.75) is 102 Å². The van der Waals surface area contributed by atoms with E-state index in [9.17, 15) is 15.0 Å². The Morgan fingerprint density at radius 2 is 2.00 bits per heavy atom. The Bertz CT molecular complexity index is 545. The third kappa shape index (κ3) is 7.27. The summed E-state index contributed by atoms with van der Waals surface area (Å²) in [5.41, 5.74) is 0. The molecule has 2 N–H and O–H groups in total. The second-order valence-electron chi connectivity index (χ2n) is 9.83. The van der Waals surface area contributed by atoms with Crippen LogP contribution in [0.15, 0.2) is 12.2 Å². The Morgan fingerprint density at radius 1 is 1.20 bits per heavy atom. The van der Waals surface area contributed by atoms with Crippen LogP contribution in [0.4, 0.5) is 0 Å². The van der Waals surface area contributed by atoms with Crippen molar-refractivity contribution in [3.63, 3.8) is 0 Å². The van der Waals surface area contributed by atoms with Crippen molar-refractivity contribution < 1.29 is 19.7 Å². The smallest absolute Gasteiger partial charge is 0.316 e. The number of carbonyl (C=O) groups is 1. The first-order valence-corrected chi connectivity index (χ1v) is 13.5. The maximum absolute atomic E-state index is 11.9. The summed E-state index contributed by atoms with van der Waals surface area (Å²) in [6.45, 7) is 2.17. The Morgan fingerprint density at radius 3 is 2.77 bits per heavy atom. The molecule has 172 valence electrons. The molecule has 0 amide bonds. The molecule has 6 atom stereocenters. The number of hydrogen-bond donors (Lipinski definition) is 2. The van der Waals surface area contributed by atoms with Crippen LogP contribution in [0.5, 0.6) is 0 Å². The number of thioether (sulfide) groups is 1. The van der Waals surface area contributed by atoms with E-state index in [1.54, 1.807) is 11.8 Å². The molecule has 0 aromatic rings. The molecule has 0 radical (unpaired) electrons. The highest BCUT2D eigenvalue weighted by atomic mass is 32.2. The van der Waals surface area contributed by atoms with Gasteiger partial charge in [-0.15, -0.1) is 0 Å². The quantitative estimate of drug-likeness (QED) is 0.252. The van der Waals surface area contributed by atoms with Crippen molar-refractivity contribution in [2.24, 2.45) is 23.7 Å². The van der Waals surface area contributed by atoms with Gasteiger partial charge >= 0.3 is 5.97 Å². The summed E-state index contributed by atoms with van der Waals surface area (Å²) in [7, 11) is 0. The molecule has 0 saturated heterocycles. The van der Waals surface area contributed by atoms with Gasteiger partial charge in [0.1, 0.15) is 6.10 Å². The van der Waals surface area contributed by atoms with E-state index in [1.165, 1.54) is 38.5 Å². The topological polar surface area (TPSA) is 66.8 Å². The number of rotatable bonds is 12. The summed E-state index contributed by atoms with van der Waals surface area (Å²) in [4.78, 5) is 11.9. The molecule has 0 heterocycles. The van der Waals surface area contributed by atoms with E-state index in [4.69, 9.17) is 4.74 Å². The Balaban J connectivity index is 1.33. The summed E-state index contributed by atoms with van der Waals surface area (Å²) in [6.07, 6.45) is 16.7. The first kappa shape index (κ1) is 24.1. The number of ether oxygens (including phenoxy) is 1. The molecule has 4 nitrogen and oxygen atoms in total. The highest BCUT2D eigenvalue weighted by Crippen LogP contribution is 2.51. The normalized spacial score (nSPS) is 32.7. The summed E-state index contributed by atoms with van der Waals surface area (Å²) < 4.78 is 5.53. The molecule has 0 bridgehead atoms. The molecule has 0 spiro atoms. The van der Waals surface area contributed by atoms with E-state index < -0.39 is 0 Å². The molecule has 30 heavy (non-hydrogen) atoms. The number of esters is 1. The number of aliphatic hydroxyl groups excluding tert-OH is 2. The SMILES string of the molecule is CCCCCC(O)C=C[C@H]1[C@@H]2CC(CCSCC(=O)OC3CCCC3)C[C@H]2C[C@@H]1O. The Kier molecular flexibility index (Phi) is 10.1. The van der Waals surface area contributed by atoms with Gasteiger partial charge in [0.25, 0.3) is 0 Å². The van der Waals surface area contributed by atoms with E-state index in [0.717, 1.165) is 44.3 Å². The van der Waals surface area contributed by atoms with E-state index >= 15 is 0 Å². The van der Waals surface area contributed by atoms with Crippen LogP contribution >= 0.6 is 11.8 Å². The first-order chi connectivity index (χ1) is 14.6. The van der Waals surface area contributed by atoms with Crippen LogP contribution in [0.25, 0.3) is 0 Å². The van der Waals surface area contributed by atoms with Crippen molar-refractivity contribution in [3.05, 3.63) is 12.2 Å². The van der Waals surface area contributed by atoms with Crippen LogP contribution in [0.1, 0.15) is 84.0 Å². The summed E-state index contributed by atoms with van der Waals surface area (Å²) in [5.74, 6) is 3.54. The van der Waals surface area contributed by atoms with Gasteiger partial charge in [0, 0.05) is 5.92 Å². The number of unbranched alkanes of at least 4 members (excludes halogenated alkanes) is 2. The van der Waals surface area contributed by atoms with E-state index in [2.05, 4.69) is 13.0 Å².